The summed E-state index contributed by atoms with van der Waals surface area (Å²) in [6, 6.07) is 8.63. The number of nitrogens with one attached hydrogen (secondary N) is 1. The Morgan fingerprint density at radius 3 is 2.64 bits per heavy atom. The smallest absolute Gasteiger partial charge is 0.0477 e. The SMILES string of the molecule is Cc1ccc([C@@H]2CNC[C@@H]2CO)cc1. The lowest BCUT2D eigenvalue weighted by Crippen LogP contribution is -2.14. The second-order valence-electron chi connectivity index (χ2n) is 4.12. The van der Waals surface area contributed by atoms with E-state index in [1.165, 1.54) is 11.1 Å². The summed E-state index contributed by atoms with van der Waals surface area (Å²) >= 11 is 0. The van der Waals surface area contributed by atoms with Crippen LogP contribution in [-0.4, -0.2) is 24.8 Å². The molecule has 14 heavy (non-hydrogen) atoms. The molecule has 1 aromatic rings. The van der Waals surface area contributed by atoms with Gasteiger partial charge in [0.05, 0.1) is 0 Å². The largest absolute Gasteiger partial charge is 0.396 e. The molecule has 76 valence electrons. The van der Waals surface area contributed by atoms with Gasteiger partial charge in [0, 0.05) is 31.5 Å². The first-order chi connectivity index (χ1) is 6.81. The third-order valence-electron chi connectivity index (χ3n) is 3.08. The zero-order valence-corrected chi connectivity index (χ0v) is 8.53. The fourth-order valence-corrected chi connectivity index (χ4v) is 2.13. The maximum absolute atomic E-state index is 9.21. The van der Waals surface area contributed by atoms with Crippen molar-refractivity contribution in [3.63, 3.8) is 0 Å². The van der Waals surface area contributed by atoms with Gasteiger partial charge in [-0.1, -0.05) is 29.8 Å². The standard InChI is InChI=1S/C12H17NO/c1-9-2-4-10(5-3-9)12-7-13-6-11(12)8-14/h2-5,11-14H,6-8H2,1H3/t11-,12+/m1/s1. The zero-order chi connectivity index (χ0) is 9.97. The Balaban J connectivity index is 2.17. The highest BCUT2D eigenvalue weighted by Crippen LogP contribution is 2.27. The number of aliphatic hydroxyl groups is 1. The van der Waals surface area contributed by atoms with Gasteiger partial charge in [0.1, 0.15) is 0 Å². The Bertz CT molecular complexity index is 294. The molecular formula is C12H17NO. The van der Waals surface area contributed by atoms with Crippen molar-refractivity contribution >= 4 is 0 Å². The maximum Gasteiger partial charge on any atom is 0.0477 e. The molecule has 0 bridgehead atoms. The van der Waals surface area contributed by atoms with E-state index in [1.54, 1.807) is 0 Å². The van der Waals surface area contributed by atoms with Gasteiger partial charge in [-0.05, 0) is 12.5 Å². The summed E-state index contributed by atoms with van der Waals surface area (Å²) in [5, 5.41) is 12.5. The van der Waals surface area contributed by atoms with Crippen LogP contribution in [0.15, 0.2) is 24.3 Å². The van der Waals surface area contributed by atoms with E-state index in [2.05, 4.69) is 36.5 Å². The van der Waals surface area contributed by atoms with Crippen LogP contribution in [0.3, 0.4) is 0 Å². The monoisotopic (exact) mass is 191 g/mol. The first-order valence-electron chi connectivity index (χ1n) is 5.19. The quantitative estimate of drug-likeness (QED) is 0.738. The molecule has 0 unspecified atom stereocenters. The van der Waals surface area contributed by atoms with Crippen molar-refractivity contribution in [2.45, 2.75) is 12.8 Å². The molecule has 1 saturated heterocycles. The van der Waals surface area contributed by atoms with E-state index in [-0.39, 0.29) is 6.61 Å². The molecule has 2 rings (SSSR count). The Morgan fingerprint density at radius 2 is 2.00 bits per heavy atom. The molecule has 1 aromatic carbocycles. The summed E-state index contributed by atoms with van der Waals surface area (Å²) in [7, 11) is 0. The van der Waals surface area contributed by atoms with Crippen LogP contribution < -0.4 is 5.32 Å². The van der Waals surface area contributed by atoms with Gasteiger partial charge >= 0.3 is 0 Å². The Morgan fingerprint density at radius 1 is 1.29 bits per heavy atom. The van der Waals surface area contributed by atoms with Crippen molar-refractivity contribution in [2.75, 3.05) is 19.7 Å². The minimum atomic E-state index is 0.283. The minimum absolute atomic E-state index is 0.283. The minimum Gasteiger partial charge on any atom is -0.396 e. The summed E-state index contributed by atoms with van der Waals surface area (Å²) < 4.78 is 0. The van der Waals surface area contributed by atoms with Gasteiger partial charge in [0.25, 0.3) is 0 Å². The first-order valence-corrected chi connectivity index (χ1v) is 5.19. The molecule has 2 heteroatoms. The number of hydrogen-bond acceptors (Lipinski definition) is 2. The molecule has 1 aliphatic heterocycles. The molecular weight excluding hydrogens is 174 g/mol. The molecule has 0 radical (unpaired) electrons. The topological polar surface area (TPSA) is 32.3 Å². The van der Waals surface area contributed by atoms with E-state index < -0.39 is 0 Å². The molecule has 2 nitrogen and oxygen atoms in total. The third kappa shape index (κ3) is 1.81. The Hall–Kier alpha value is -0.860. The highest BCUT2D eigenvalue weighted by molar-refractivity contribution is 5.26. The highest BCUT2D eigenvalue weighted by Gasteiger charge is 2.27. The summed E-state index contributed by atoms with van der Waals surface area (Å²) in [6.07, 6.45) is 0. The summed E-state index contributed by atoms with van der Waals surface area (Å²) in [5.41, 5.74) is 2.64. The normalized spacial score (nSPS) is 26.7. The van der Waals surface area contributed by atoms with E-state index >= 15 is 0 Å². The fourth-order valence-electron chi connectivity index (χ4n) is 2.13. The summed E-state index contributed by atoms with van der Waals surface area (Å²) in [6.45, 7) is 4.31. The van der Waals surface area contributed by atoms with Gasteiger partial charge in [-0.15, -0.1) is 0 Å². The van der Waals surface area contributed by atoms with Crippen LogP contribution in [0.5, 0.6) is 0 Å². The molecule has 2 N–H and O–H groups in total. The van der Waals surface area contributed by atoms with Crippen LogP contribution in [0.1, 0.15) is 17.0 Å². The Kier molecular flexibility index (Phi) is 2.85. The number of rotatable bonds is 2. The predicted octanol–water partition coefficient (Wildman–Crippen LogP) is 1.29. The molecule has 0 amide bonds. The third-order valence-corrected chi connectivity index (χ3v) is 3.08. The van der Waals surface area contributed by atoms with Crippen molar-refractivity contribution in [3.8, 4) is 0 Å². The summed E-state index contributed by atoms with van der Waals surface area (Å²) in [4.78, 5) is 0. The van der Waals surface area contributed by atoms with Crippen molar-refractivity contribution in [2.24, 2.45) is 5.92 Å². The van der Waals surface area contributed by atoms with Crippen LogP contribution >= 0.6 is 0 Å². The highest BCUT2D eigenvalue weighted by atomic mass is 16.3. The lowest BCUT2D eigenvalue weighted by Gasteiger charge is -2.16. The molecule has 0 aliphatic carbocycles. The van der Waals surface area contributed by atoms with Gasteiger partial charge < -0.3 is 10.4 Å². The lowest BCUT2D eigenvalue weighted by atomic mass is 9.89. The number of hydrogen-bond donors (Lipinski definition) is 2. The van der Waals surface area contributed by atoms with Crippen molar-refractivity contribution in [1.29, 1.82) is 0 Å². The number of aliphatic hydroxyl groups excluding tert-OH is 1. The second kappa shape index (κ2) is 4.11. The van der Waals surface area contributed by atoms with E-state index in [0.29, 0.717) is 11.8 Å². The van der Waals surface area contributed by atoms with E-state index in [0.717, 1.165) is 13.1 Å². The number of benzene rings is 1. The fraction of sp³-hybridized carbons (Fsp3) is 0.500. The van der Waals surface area contributed by atoms with Crippen molar-refractivity contribution < 1.29 is 5.11 Å². The lowest BCUT2D eigenvalue weighted by molar-refractivity contribution is 0.226. The van der Waals surface area contributed by atoms with Crippen LogP contribution in [0.25, 0.3) is 0 Å². The van der Waals surface area contributed by atoms with Gasteiger partial charge in [0.2, 0.25) is 0 Å². The second-order valence-corrected chi connectivity index (χ2v) is 4.12. The molecule has 0 spiro atoms. The average Bonchev–Trinajstić information content (AvgIpc) is 2.67. The molecule has 1 fully saturated rings. The van der Waals surface area contributed by atoms with Crippen LogP contribution in [0, 0.1) is 12.8 Å². The van der Waals surface area contributed by atoms with Crippen LogP contribution in [0.4, 0.5) is 0 Å². The zero-order valence-electron chi connectivity index (χ0n) is 8.53. The van der Waals surface area contributed by atoms with Gasteiger partial charge in [-0.2, -0.15) is 0 Å². The van der Waals surface area contributed by atoms with Crippen molar-refractivity contribution in [3.05, 3.63) is 35.4 Å². The molecule has 0 saturated carbocycles. The van der Waals surface area contributed by atoms with Gasteiger partial charge in [0.15, 0.2) is 0 Å². The Labute approximate surface area is 85.0 Å². The van der Waals surface area contributed by atoms with E-state index in [4.69, 9.17) is 0 Å². The van der Waals surface area contributed by atoms with Gasteiger partial charge in [-0.25, -0.2) is 0 Å². The first kappa shape index (κ1) is 9.69. The van der Waals surface area contributed by atoms with E-state index in [9.17, 15) is 5.11 Å². The average molecular weight is 191 g/mol. The number of aryl methyl sites for hydroxylation is 1. The maximum atomic E-state index is 9.21. The summed E-state index contributed by atoms with van der Waals surface area (Å²) in [5.74, 6) is 0.873. The van der Waals surface area contributed by atoms with Gasteiger partial charge in [-0.3, -0.25) is 0 Å². The van der Waals surface area contributed by atoms with Crippen LogP contribution in [-0.2, 0) is 0 Å². The van der Waals surface area contributed by atoms with Crippen LogP contribution in [0.2, 0.25) is 0 Å². The molecule has 1 heterocycles. The molecule has 1 aliphatic rings. The predicted molar refractivity (Wildman–Crippen MR) is 57.4 cm³/mol. The van der Waals surface area contributed by atoms with E-state index in [1.807, 2.05) is 0 Å². The van der Waals surface area contributed by atoms with Crippen molar-refractivity contribution in [1.82, 2.24) is 5.32 Å². The molecule has 2 atom stereocenters. The molecule has 0 aromatic heterocycles.